The third-order valence-electron chi connectivity index (χ3n) is 12.8. The number of amides is 3. The van der Waals surface area contributed by atoms with Crippen molar-refractivity contribution in [1.29, 1.82) is 0 Å². The quantitative estimate of drug-likeness (QED) is 0.00564. The Balaban J connectivity index is 0.000000309. The Morgan fingerprint density at radius 3 is 1.42 bits per heavy atom. The van der Waals surface area contributed by atoms with E-state index in [-0.39, 0.29) is 160 Å². The summed E-state index contributed by atoms with van der Waals surface area (Å²) in [5.74, 6) is 0.677. The molecule has 7 aromatic rings. The van der Waals surface area contributed by atoms with E-state index in [9.17, 15) is 42.4 Å². The molecule has 0 aliphatic heterocycles. The molecule has 3 amide bonds. The number of aromatic nitrogens is 6. The van der Waals surface area contributed by atoms with Crippen LogP contribution in [0.2, 0.25) is 0 Å². The first kappa shape index (κ1) is 80.3. The minimum absolute atomic E-state index is 0. The zero-order valence-electron chi connectivity index (χ0n) is 49.5. The molecule has 4 aromatic carbocycles. The van der Waals surface area contributed by atoms with Crippen molar-refractivity contribution in [3.63, 3.8) is 0 Å². The van der Waals surface area contributed by atoms with Crippen LogP contribution in [0.5, 0.6) is 0 Å². The molecular formula is C54H60Cl3F4N16NaO12S3. The van der Waals surface area contributed by atoms with E-state index in [0.29, 0.717) is 76.8 Å². The summed E-state index contributed by atoms with van der Waals surface area (Å²) in [6.45, 7) is 5.53. The number of hydroxylamine groups is 2. The fraction of sp³-hybridized carbons (Fsp3) is 0.315. The molecule has 39 heteroatoms. The van der Waals surface area contributed by atoms with Crippen molar-refractivity contribution >= 4 is 113 Å². The number of thioether (sulfide) groups is 3. The molecule has 3 aromatic heterocycles. The van der Waals surface area contributed by atoms with Crippen LogP contribution >= 0.6 is 71.7 Å². The normalized spacial score (nSPS) is 15.5. The molecule has 0 bridgehead atoms. The fourth-order valence-electron chi connectivity index (χ4n) is 8.41. The van der Waals surface area contributed by atoms with Gasteiger partial charge in [0.1, 0.15) is 23.3 Å². The average molecular weight is 1430 g/mol. The molecule has 28 nitrogen and oxygen atoms in total. The molecule has 12 N–H and O–H groups in total. The van der Waals surface area contributed by atoms with Crippen LogP contribution < -0.4 is 73.2 Å². The second-order valence-electron chi connectivity index (χ2n) is 18.9. The number of oxime groups is 1. The molecule has 0 fully saturated rings. The van der Waals surface area contributed by atoms with Crippen molar-refractivity contribution in [2.45, 2.75) is 85.7 Å². The van der Waals surface area contributed by atoms with Crippen molar-refractivity contribution in [2.24, 2.45) is 26.6 Å². The van der Waals surface area contributed by atoms with Gasteiger partial charge < -0.3 is 42.8 Å². The van der Waals surface area contributed by atoms with E-state index in [2.05, 4.69) is 71.5 Å². The fourth-order valence-corrected chi connectivity index (χ4v) is 10.9. The number of nitrogens with zero attached hydrogens (tertiary/aromatic N) is 9. The molecule has 4 unspecified atom stereocenters. The van der Waals surface area contributed by atoms with Gasteiger partial charge in [-0.1, -0.05) is 88.4 Å². The number of amidine groups is 2. The van der Waals surface area contributed by atoms with E-state index in [1.54, 1.807) is 30.3 Å². The summed E-state index contributed by atoms with van der Waals surface area (Å²) in [5.41, 5.74) is 23.1. The molecular weight excluding hydrogens is 1370 g/mol. The van der Waals surface area contributed by atoms with E-state index in [1.807, 2.05) is 17.0 Å². The van der Waals surface area contributed by atoms with Crippen LogP contribution in [-0.2, 0) is 49.7 Å². The van der Waals surface area contributed by atoms with Crippen LogP contribution in [0.4, 0.5) is 17.6 Å². The number of halogens is 7. The van der Waals surface area contributed by atoms with Gasteiger partial charge in [-0.15, -0.1) is 24.8 Å². The standard InChI is InChI=1S/2C15H16FN5O3S.2C8H8FN.C7H9ClN4O3S.CH2O3.2ClH.Na/c1-8(22)17-4-5-25-15-13(20-24-21-15)14(19-23)18-12-6-9-2-3-10(16)7-11(9)12;1-8(22)17-5-6-25-15-13(20-24-21-15)14(19-23)18-12-7-10-9(12)3-2-4-11(10)16;9-6-2-1-5-3-8(10)7(5)4-6;9-7-3-1-2-5-6(7)4-8(5)10;1-4(13)9-2-3-16-7-5(6(8)10-14)11-15-12-7;2-1-4-3;;;/h2-3,7,12,23H,4-6H2,1H3,(H,17,22)(H,18,19);2-4,12,23H,5-7H2,1H3,(H,17,22)(H,18,19);1-2,4,8H,3,10H2;1-3,8H,4,10H2;14H,2-3H2,1H3,(H,9,13);1,3H;2*1H;/q;;;;;;;;+1/p-1/b;;;;10-6-;;;;. The first-order valence-electron chi connectivity index (χ1n) is 26.6. The maximum absolute atomic E-state index is 13.6. The Bertz CT molecular complexity index is 3600. The van der Waals surface area contributed by atoms with Gasteiger partial charge in [0.15, 0.2) is 49.0 Å². The molecule has 93 heavy (non-hydrogen) atoms. The average Bonchev–Trinajstić information content (AvgIpc) is 0.913. The van der Waals surface area contributed by atoms with E-state index >= 15 is 0 Å². The Kier molecular flexibility index (Phi) is 35.4. The predicted molar refractivity (Wildman–Crippen MR) is 330 cm³/mol. The molecule has 496 valence electrons. The number of carbonyl (C=O) groups excluding carboxylic acids is 4. The first-order chi connectivity index (χ1) is 43.3. The molecule has 4 aliphatic carbocycles. The largest absolute Gasteiger partial charge is 1.00 e. The second kappa shape index (κ2) is 41.0. The minimum Gasteiger partial charge on any atom is -0.662 e. The number of rotatable bonds is 18. The number of aliphatic imine (C=N–C) groups is 2. The number of nitrogens with two attached hydrogens (primary N) is 2. The van der Waals surface area contributed by atoms with Gasteiger partial charge in [-0.2, -0.15) is 0 Å². The van der Waals surface area contributed by atoms with Crippen LogP contribution in [0.15, 0.2) is 117 Å². The third kappa shape index (κ3) is 23.8. The van der Waals surface area contributed by atoms with Crippen LogP contribution in [0.25, 0.3) is 0 Å². The van der Waals surface area contributed by atoms with Gasteiger partial charge in [-0.05, 0) is 131 Å². The molecule has 0 saturated carbocycles. The first-order valence-corrected chi connectivity index (χ1v) is 29.9. The zero-order valence-corrected chi connectivity index (χ0v) is 56.4. The number of hydrogen-bond donors (Lipinski definition) is 10. The maximum Gasteiger partial charge on any atom is 1.00 e. The van der Waals surface area contributed by atoms with Crippen LogP contribution in [0.1, 0.15) is 107 Å². The second-order valence-corrected chi connectivity index (χ2v) is 22.5. The molecule has 3 heterocycles. The van der Waals surface area contributed by atoms with Crippen molar-refractivity contribution < 1.29 is 106 Å². The Morgan fingerprint density at radius 2 is 1.02 bits per heavy atom. The monoisotopic (exact) mass is 1420 g/mol. The van der Waals surface area contributed by atoms with Gasteiger partial charge >= 0.3 is 29.6 Å². The topological polar surface area (TPSA) is 427 Å². The number of hydrogen-bond acceptors (Lipinski definition) is 26. The van der Waals surface area contributed by atoms with E-state index < -0.39 is 0 Å². The van der Waals surface area contributed by atoms with Crippen molar-refractivity contribution in [3.8, 4) is 0 Å². The Hall–Kier alpha value is -6.97. The van der Waals surface area contributed by atoms with Gasteiger partial charge in [0, 0.05) is 76.2 Å². The zero-order chi connectivity index (χ0) is 65.3. The summed E-state index contributed by atoms with van der Waals surface area (Å²) in [6, 6.07) is 18.9. The molecule has 4 aliphatic rings. The number of carbonyl (C=O) groups is 4. The van der Waals surface area contributed by atoms with Crippen molar-refractivity contribution in [3.05, 3.63) is 158 Å². The molecule has 0 spiro atoms. The Labute approximate surface area is 579 Å². The van der Waals surface area contributed by atoms with E-state index in [1.165, 1.54) is 98.0 Å². The van der Waals surface area contributed by atoms with Gasteiger partial charge in [0.05, 0.1) is 12.1 Å². The van der Waals surface area contributed by atoms with Gasteiger partial charge in [0.2, 0.25) is 17.7 Å². The smallest absolute Gasteiger partial charge is 0.662 e. The molecule has 4 atom stereocenters. The summed E-state index contributed by atoms with van der Waals surface area (Å²) in [6.07, 6.45) is 2.69. The molecule has 11 rings (SSSR count). The van der Waals surface area contributed by atoms with Crippen molar-refractivity contribution in [1.82, 2.24) is 57.9 Å². The number of fused-ring (bicyclic) bond motifs is 4. The summed E-state index contributed by atoms with van der Waals surface area (Å²) in [7, 11) is 0. The third-order valence-corrected chi connectivity index (χ3v) is 15.9. The Morgan fingerprint density at radius 1 is 0.624 bits per heavy atom. The van der Waals surface area contributed by atoms with Gasteiger partial charge in [0.25, 0.3) is 6.47 Å². The SMILES string of the molecule is CC(=O)NCCSc1nonc1/C(Cl)=N/O.CC(=O)NCCSc1nonc1C(=NC1Cc2c(F)cccc21)NO.CC(=O)NCCSc1nonc1C(=NC1Cc2ccc(F)cc21)NO.Cl.Cl.NC1Cc2c(F)cccc21.NC1Cc2ccc(F)cc21.O=CO[O-].[Na+]. The van der Waals surface area contributed by atoms with Crippen LogP contribution in [0.3, 0.4) is 0 Å². The van der Waals surface area contributed by atoms with Gasteiger partial charge in [-0.25, -0.2) is 31.4 Å². The molecule has 0 saturated heterocycles. The van der Waals surface area contributed by atoms with Crippen LogP contribution in [-0.4, -0.2) is 124 Å². The summed E-state index contributed by atoms with van der Waals surface area (Å²) < 4.78 is 66.1. The van der Waals surface area contributed by atoms with Gasteiger partial charge in [-0.3, -0.25) is 50.5 Å². The van der Waals surface area contributed by atoms with Crippen LogP contribution in [0, 0.1) is 23.3 Å². The summed E-state index contributed by atoms with van der Waals surface area (Å²) in [4.78, 5) is 52.3. The maximum atomic E-state index is 13.6. The molecule has 0 radical (unpaired) electrons. The van der Waals surface area contributed by atoms with E-state index in [4.69, 9.17) is 47.6 Å². The summed E-state index contributed by atoms with van der Waals surface area (Å²) in [5, 5.41) is 69.7. The number of nitrogens with one attached hydrogen (secondary N) is 5. The van der Waals surface area contributed by atoms with Crippen molar-refractivity contribution in [2.75, 3.05) is 36.9 Å². The summed E-state index contributed by atoms with van der Waals surface area (Å²) >= 11 is 9.45. The van der Waals surface area contributed by atoms with E-state index in [0.717, 1.165) is 39.8 Å². The minimum atomic E-state index is -0.325. The predicted octanol–water partition coefficient (Wildman–Crippen LogP) is 2.64. The number of benzene rings is 4.